The highest BCUT2D eigenvalue weighted by Gasteiger charge is 2.38. The van der Waals surface area contributed by atoms with Gasteiger partial charge < -0.3 is 0 Å². The summed E-state index contributed by atoms with van der Waals surface area (Å²) in [6.45, 7) is 11.4. The third kappa shape index (κ3) is 1.29. The number of hydrogen-bond acceptors (Lipinski definition) is 0. The Morgan fingerprint density at radius 3 is 2.19 bits per heavy atom. The standard InChI is InChI=1S/C16H22/c1-6-16(7-2)13(5)12(4)14-9-8-11(3)10-15(14)16/h8-10H,6-7H2,1-5H3. The molecule has 16 heavy (non-hydrogen) atoms. The fourth-order valence-corrected chi connectivity index (χ4v) is 3.31. The van der Waals surface area contributed by atoms with Gasteiger partial charge in [-0.25, -0.2) is 0 Å². The minimum Gasteiger partial charge on any atom is -0.0642 e. The van der Waals surface area contributed by atoms with E-state index in [4.69, 9.17) is 0 Å². The number of benzene rings is 1. The third-order valence-corrected chi connectivity index (χ3v) is 4.58. The molecule has 0 aromatic heterocycles. The smallest absolute Gasteiger partial charge is 0.0166 e. The van der Waals surface area contributed by atoms with Crippen molar-refractivity contribution in [3.63, 3.8) is 0 Å². The van der Waals surface area contributed by atoms with Gasteiger partial charge in [-0.05, 0) is 50.3 Å². The van der Waals surface area contributed by atoms with Gasteiger partial charge in [0.2, 0.25) is 0 Å². The number of fused-ring (bicyclic) bond motifs is 1. The lowest BCUT2D eigenvalue weighted by atomic mass is 9.73. The first-order chi connectivity index (χ1) is 7.56. The normalized spacial score (nSPS) is 17.8. The van der Waals surface area contributed by atoms with Crippen molar-refractivity contribution >= 4 is 5.57 Å². The van der Waals surface area contributed by atoms with E-state index in [9.17, 15) is 0 Å². The first-order valence-electron chi connectivity index (χ1n) is 6.36. The van der Waals surface area contributed by atoms with Crippen molar-refractivity contribution in [2.75, 3.05) is 0 Å². The summed E-state index contributed by atoms with van der Waals surface area (Å²) in [5.41, 5.74) is 7.81. The molecule has 1 aromatic rings. The Hall–Kier alpha value is -1.04. The summed E-state index contributed by atoms with van der Waals surface area (Å²) >= 11 is 0. The van der Waals surface area contributed by atoms with Crippen LogP contribution in [0, 0.1) is 6.92 Å². The minimum atomic E-state index is 0.311. The van der Waals surface area contributed by atoms with Crippen molar-refractivity contribution in [2.24, 2.45) is 0 Å². The van der Waals surface area contributed by atoms with Gasteiger partial charge in [-0.15, -0.1) is 0 Å². The second-order valence-electron chi connectivity index (χ2n) is 5.09. The predicted molar refractivity (Wildman–Crippen MR) is 71.7 cm³/mol. The monoisotopic (exact) mass is 214 g/mol. The van der Waals surface area contributed by atoms with Gasteiger partial charge in [0.05, 0.1) is 0 Å². The third-order valence-electron chi connectivity index (χ3n) is 4.58. The van der Waals surface area contributed by atoms with E-state index in [0.717, 1.165) is 0 Å². The molecule has 0 nitrogen and oxygen atoms in total. The lowest BCUT2D eigenvalue weighted by Crippen LogP contribution is -2.23. The Labute approximate surface area is 99.4 Å². The van der Waals surface area contributed by atoms with Crippen molar-refractivity contribution in [1.29, 1.82) is 0 Å². The number of aryl methyl sites for hydroxylation is 1. The fourth-order valence-electron chi connectivity index (χ4n) is 3.31. The Bertz CT molecular complexity index is 445. The highest BCUT2D eigenvalue weighted by molar-refractivity contribution is 5.79. The Balaban J connectivity index is 2.72. The summed E-state index contributed by atoms with van der Waals surface area (Å²) in [6, 6.07) is 6.93. The molecular formula is C16H22. The molecule has 0 unspecified atom stereocenters. The van der Waals surface area contributed by atoms with Crippen LogP contribution in [0.3, 0.4) is 0 Å². The number of hydrogen-bond donors (Lipinski definition) is 0. The SMILES string of the molecule is CCC1(CC)C(C)=C(C)c2ccc(C)cc21. The highest BCUT2D eigenvalue weighted by Crippen LogP contribution is 2.50. The van der Waals surface area contributed by atoms with Crippen LogP contribution >= 0.6 is 0 Å². The maximum Gasteiger partial charge on any atom is 0.0166 e. The van der Waals surface area contributed by atoms with E-state index in [0.29, 0.717) is 5.41 Å². The summed E-state index contributed by atoms with van der Waals surface area (Å²) < 4.78 is 0. The summed E-state index contributed by atoms with van der Waals surface area (Å²) in [7, 11) is 0. The van der Waals surface area contributed by atoms with Crippen LogP contribution < -0.4 is 0 Å². The predicted octanol–water partition coefficient (Wildman–Crippen LogP) is 4.86. The van der Waals surface area contributed by atoms with Crippen molar-refractivity contribution in [2.45, 2.75) is 52.9 Å². The zero-order valence-corrected chi connectivity index (χ0v) is 11.1. The number of allylic oxidation sites excluding steroid dienone is 2. The van der Waals surface area contributed by atoms with Crippen LogP contribution in [0.25, 0.3) is 5.57 Å². The van der Waals surface area contributed by atoms with Gasteiger partial charge in [-0.2, -0.15) is 0 Å². The van der Waals surface area contributed by atoms with Crippen molar-refractivity contribution in [1.82, 2.24) is 0 Å². The van der Waals surface area contributed by atoms with Crippen molar-refractivity contribution in [3.05, 3.63) is 40.5 Å². The maximum atomic E-state index is 2.39. The number of rotatable bonds is 2. The van der Waals surface area contributed by atoms with Gasteiger partial charge in [-0.1, -0.05) is 43.2 Å². The Morgan fingerprint density at radius 1 is 1.00 bits per heavy atom. The molecule has 0 spiro atoms. The van der Waals surface area contributed by atoms with Crippen LogP contribution in [0.15, 0.2) is 23.8 Å². The zero-order chi connectivity index (χ0) is 11.9. The lowest BCUT2D eigenvalue weighted by Gasteiger charge is -2.30. The molecule has 0 heterocycles. The fraction of sp³-hybridized carbons (Fsp3) is 0.500. The van der Waals surface area contributed by atoms with E-state index in [2.05, 4.69) is 52.8 Å². The van der Waals surface area contributed by atoms with Crippen molar-refractivity contribution < 1.29 is 0 Å². The summed E-state index contributed by atoms with van der Waals surface area (Å²) in [4.78, 5) is 0. The van der Waals surface area contributed by atoms with Crippen LogP contribution in [-0.2, 0) is 5.41 Å². The maximum absolute atomic E-state index is 2.39. The molecule has 0 heteroatoms. The summed E-state index contributed by atoms with van der Waals surface area (Å²) in [6.07, 6.45) is 2.42. The molecular weight excluding hydrogens is 192 g/mol. The van der Waals surface area contributed by atoms with E-state index in [1.807, 2.05) is 0 Å². The topological polar surface area (TPSA) is 0 Å². The van der Waals surface area contributed by atoms with Gasteiger partial charge in [0.25, 0.3) is 0 Å². The van der Waals surface area contributed by atoms with E-state index in [-0.39, 0.29) is 0 Å². The molecule has 0 bridgehead atoms. The largest absolute Gasteiger partial charge is 0.0642 e. The van der Waals surface area contributed by atoms with E-state index >= 15 is 0 Å². The second-order valence-corrected chi connectivity index (χ2v) is 5.09. The first-order valence-corrected chi connectivity index (χ1v) is 6.36. The van der Waals surface area contributed by atoms with Gasteiger partial charge in [0, 0.05) is 5.41 Å². The Morgan fingerprint density at radius 2 is 1.62 bits per heavy atom. The van der Waals surface area contributed by atoms with Crippen LogP contribution in [0.4, 0.5) is 0 Å². The molecule has 0 saturated heterocycles. The molecule has 86 valence electrons. The molecule has 2 rings (SSSR count). The average molecular weight is 214 g/mol. The molecule has 0 aliphatic heterocycles. The van der Waals surface area contributed by atoms with Gasteiger partial charge in [0.15, 0.2) is 0 Å². The van der Waals surface area contributed by atoms with Crippen LogP contribution in [-0.4, -0.2) is 0 Å². The molecule has 0 radical (unpaired) electrons. The molecule has 1 aliphatic rings. The molecule has 0 amide bonds. The summed E-state index contributed by atoms with van der Waals surface area (Å²) in [5.74, 6) is 0. The van der Waals surface area contributed by atoms with Crippen molar-refractivity contribution in [3.8, 4) is 0 Å². The molecule has 0 atom stereocenters. The van der Waals surface area contributed by atoms with Gasteiger partial charge >= 0.3 is 0 Å². The van der Waals surface area contributed by atoms with Gasteiger partial charge in [0.1, 0.15) is 0 Å². The molecule has 1 aliphatic carbocycles. The highest BCUT2D eigenvalue weighted by atomic mass is 14.4. The first kappa shape index (κ1) is 11.4. The zero-order valence-electron chi connectivity index (χ0n) is 11.1. The lowest BCUT2D eigenvalue weighted by molar-refractivity contribution is 0.476. The molecule has 0 N–H and O–H groups in total. The molecule has 0 fully saturated rings. The van der Waals surface area contributed by atoms with Crippen LogP contribution in [0.1, 0.15) is 57.2 Å². The van der Waals surface area contributed by atoms with E-state index < -0.39 is 0 Å². The summed E-state index contributed by atoms with van der Waals surface area (Å²) in [5, 5.41) is 0. The molecule has 0 saturated carbocycles. The second kappa shape index (κ2) is 3.76. The van der Waals surface area contributed by atoms with E-state index in [1.54, 1.807) is 11.1 Å². The average Bonchev–Trinajstić information content (AvgIpc) is 2.49. The van der Waals surface area contributed by atoms with Crippen LogP contribution in [0.5, 0.6) is 0 Å². The van der Waals surface area contributed by atoms with Crippen LogP contribution in [0.2, 0.25) is 0 Å². The van der Waals surface area contributed by atoms with E-state index in [1.165, 1.54) is 29.5 Å². The Kier molecular flexibility index (Phi) is 2.69. The van der Waals surface area contributed by atoms with Gasteiger partial charge in [-0.3, -0.25) is 0 Å². The molecule has 1 aromatic carbocycles. The quantitative estimate of drug-likeness (QED) is 0.659. The minimum absolute atomic E-state index is 0.311.